The first-order valence-corrected chi connectivity index (χ1v) is 6.20. The van der Waals surface area contributed by atoms with Crippen molar-refractivity contribution in [2.45, 2.75) is 50.6 Å². The van der Waals surface area contributed by atoms with Crippen LogP contribution in [0.15, 0.2) is 0 Å². The molecule has 0 saturated carbocycles. The van der Waals surface area contributed by atoms with E-state index < -0.39 is 6.09 Å². The molecule has 17 heavy (non-hydrogen) atoms. The molecule has 2 aliphatic rings. The zero-order chi connectivity index (χ0) is 12.4. The van der Waals surface area contributed by atoms with E-state index >= 15 is 0 Å². The molecule has 0 aromatic heterocycles. The van der Waals surface area contributed by atoms with Crippen LogP contribution >= 0.6 is 0 Å². The van der Waals surface area contributed by atoms with Gasteiger partial charge in [-0.1, -0.05) is 0 Å². The number of methoxy groups -OCH3 is 1. The number of esters is 1. The number of carbonyl (C=O) groups is 2. The summed E-state index contributed by atoms with van der Waals surface area (Å²) in [6.45, 7) is 0. The van der Waals surface area contributed by atoms with Crippen molar-refractivity contribution in [3.8, 4) is 0 Å². The van der Waals surface area contributed by atoms with Crippen LogP contribution in [0.4, 0.5) is 4.79 Å². The molecule has 2 atom stereocenters. The van der Waals surface area contributed by atoms with E-state index in [2.05, 4.69) is 4.74 Å². The van der Waals surface area contributed by atoms with Crippen molar-refractivity contribution < 1.29 is 19.4 Å². The number of ether oxygens (including phenoxy) is 1. The highest BCUT2D eigenvalue weighted by Crippen LogP contribution is 2.40. The van der Waals surface area contributed by atoms with Gasteiger partial charge in [0.25, 0.3) is 0 Å². The van der Waals surface area contributed by atoms with E-state index in [4.69, 9.17) is 5.11 Å². The van der Waals surface area contributed by atoms with Crippen molar-refractivity contribution in [1.82, 2.24) is 4.90 Å². The molecule has 5 heteroatoms. The molecule has 1 amide bonds. The van der Waals surface area contributed by atoms with Crippen LogP contribution in [-0.2, 0) is 9.53 Å². The fourth-order valence-corrected chi connectivity index (χ4v) is 3.26. The van der Waals surface area contributed by atoms with Crippen molar-refractivity contribution >= 4 is 12.1 Å². The third kappa shape index (κ3) is 2.53. The van der Waals surface area contributed by atoms with Crippen molar-refractivity contribution in [2.75, 3.05) is 7.11 Å². The van der Waals surface area contributed by atoms with Crippen LogP contribution in [-0.4, -0.2) is 41.3 Å². The molecule has 2 saturated heterocycles. The van der Waals surface area contributed by atoms with Gasteiger partial charge in [0.2, 0.25) is 0 Å². The highest BCUT2D eigenvalue weighted by molar-refractivity contribution is 5.69. The lowest BCUT2D eigenvalue weighted by Crippen LogP contribution is -2.45. The van der Waals surface area contributed by atoms with E-state index in [0.717, 1.165) is 32.1 Å². The molecule has 0 aliphatic carbocycles. The predicted molar refractivity (Wildman–Crippen MR) is 60.6 cm³/mol. The summed E-state index contributed by atoms with van der Waals surface area (Å²) in [7, 11) is 1.40. The topological polar surface area (TPSA) is 66.8 Å². The van der Waals surface area contributed by atoms with Gasteiger partial charge in [0.15, 0.2) is 0 Å². The second-order valence-electron chi connectivity index (χ2n) is 5.03. The van der Waals surface area contributed by atoms with E-state index in [0.29, 0.717) is 12.3 Å². The molecule has 0 radical (unpaired) electrons. The number of hydrogen-bond donors (Lipinski definition) is 1. The summed E-state index contributed by atoms with van der Waals surface area (Å²) in [6, 6.07) is 0.350. The first-order valence-electron chi connectivity index (χ1n) is 6.20. The molecule has 0 spiro atoms. The molecule has 2 fully saturated rings. The van der Waals surface area contributed by atoms with Crippen molar-refractivity contribution in [2.24, 2.45) is 5.92 Å². The summed E-state index contributed by atoms with van der Waals surface area (Å²) in [5.41, 5.74) is 0. The van der Waals surface area contributed by atoms with Crippen LogP contribution in [0, 0.1) is 5.92 Å². The molecule has 2 bridgehead atoms. The van der Waals surface area contributed by atoms with Gasteiger partial charge in [0.1, 0.15) is 0 Å². The van der Waals surface area contributed by atoms with Gasteiger partial charge in [-0.2, -0.15) is 0 Å². The van der Waals surface area contributed by atoms with Gasteiger partial charge in [0.05, 0.1) is 7.11 Å². The zero-order valence-corrected chi connectivity index (χ0v) is 10.1. The molecule has 2 aliphatic heterocycles. The average Bonchev–Trinajstić information content (AvgIpc) is 2.58. The fourth-order valence-electron chi connectivity index (χ4n) is 3.26. The minimum atomic E-state index is -0.788. The molecule has 2 heterocycles. The number of fused-ring (bicyclic) bond motifs is 2. The van der Waals surface area contributed by atoms with E-state index in [1.807, 2.05) is 0 Å². The number of amides is 1. The fraction of sp³-hybridized carbons (Fsp3) is 0.833. The first-order chi connectivity index (χ1) is 8.11. The molecule has 96 valence electrons. The zero-order valence-electron chi connectivity index (χ0n) is 10.1. The number of piperidine rings is 1. The molecule has 0 aromatic carbocycles. The number of hydrogen-bond acceptors (Lipinski definition) is 3. The second-order valence-corrected chi connectivity index (χ2v) is 5.03. The third-order valence-electron chi connectivity index (χ3n) is 4.04. The highest BCUT2D eigenvalue weighted by Gasteiger charge is 2.43. The summed E-state index contributed by atoms with van der Waals surface area (Å²) in [6.07, 6.45) is 4.25. The lowest BCUT2D eigenvalue weighted by Gasteiger charge is -2.37. The van der Waals surface area contributed by atoms with Crippen LogP contribution in [0.3, 0.4) is 0 Å². The SMILES string of the molecule is COC(=O)CCC1CC2CCC(C1)N2C(=O)O. The smallest absolute Gasteiger partial charge is 0.407 e. The largest absolute Gasteiger partial charge is 0.469 e. The van der Waals surface area contributed by atoms with Gasteiger partial charge in [0, 0.05) is 18.5 Å². The summed E-state index contributed by atoms with van der Waals surface area (Å²) in [4.78, 5) is 23.8. The molecular weight excluding hydrogens is 222 g/mol. The van der Waals surface area contributed by atoms with Gasteiger partial charge >= 0.3 is 12.1 Å². The van der Waals surface area contributed by atoms with Crippen LogP contribution in [0.2, 0.25) is 0 Å². The van der Waals surface area contributed by atoms with Gasteiger partial charge in [-0.3, -0.25) is 4.79 Å². The Kier molecular flexibility index (Phi) is 3.54. The Morgan fingerprint density at radius 2 is 1.88 bits per heavy atom. The first kappa shape index (κ1) is 12.2. The maximum atomic E-state index is 11.1. The van der Waals surface area contributed by atoms with Crippen molar-refractivity contribution in [3.05, 3.63) is 0 Å². The standard InChI is InChI=1S/C12H19NO4/c1-17-11(14)5-2-8-6-9-3-4-10(7-8)13(9)12(15)16/h8-10H,2-7H2,1H3,(H,15,16). The number of rotatable bonds is 3. The Labute approximate surface area is 101 Å². The number of nitrogens with zero attached hydrogens (tertiary/aromatic N) is 1. The Hall–Kier alpha value is -1.26. The number of carbonyl (C=O) groups excluding carboxylic acids is 1. The lowest BCUT2D eigenvalue weighted by molar-refractivity contribution is -0.141. The maximum absolute atomic E-state index is 11.1. The van der Waals surface area contributed by atoms with Gasteiger partial charge < -0.3 is 14.7 Å². The third-order valence-corrected chi connectivity index (χ3v) is 4.04. The summed E-state index contributed by atoms with van der Waals surface area (Å²) >= 11 is 0. The second kappa shape index (κ2) is 4.94. The Morgan fingerprint density at radius 3 is 2.35 bits per heavy atom. The summed E-state index contributed by atoms with van der Waals surface area (Å²) < 4.78 is 4.63. The Morgan fingerprint density at radius 1 is 1.29 bits per heavy atom. The van der Waals surface area contributed by atoms with E-state index in [-0.39, 0.29) is 18.1 Å². The van der Waals surface area contributed by atoms with Gasteiger partial charge in [-0.05, 0) is 38.0 Å². The van der Waals surface area contributed by atoms with E-state index in [9.17, 15) is 9.59 Å². The van der Waals surface area contributed by atoms with Crippen LogP contribution in [0.1, 0.15) is 38.5 Å². The Balaban J connectivity index is 1.87. The minimum Gasteiger partial charge on any atom is -0.469 e. The Bertz CT molecular complexity index is 304. The van der Waals surface area contributed by atoms with Crippen molar-refractivity contribution in [3.63, 3.8) is 0 Å². The van der Waals surface area contributed by atoms with E-state index in [1.54, 1.807) is 4.90 Å². The van der Waals surface area contributed by atoms with Crippen molar-refractivity contribution in [1.29, 1.82) is 0 Å². The molecule has 2 unspecified atom stereocenters. The minimum absolute atomic E-state index is 0.169. The average molecular weight is 241 g/mol. The molecule has 0 aromatic rings. The van der Waals surface area contributed by atoms with Crippen LogP contribution in [0.5, 0.6) is 0 Å². The normalized spacial score (nSPS) is 31.4. The molecule has 5 nitrogen and oxygen atoms in total. The maximum Gasteiger partial charge on any atom is 0.407 e. The van der Waals surface area contributed by atoms with Crippen LogP contribution in [0.25, 0.3) is 0 Å². The van der Waals surface area contributed by atoms with Crippen LogP contribution < -0.4 is 0 Å². The lowest BCUT2D eigenvalue weighted by atomic mass is 9.87. The quantitative estimate of drug-likeness (QED) is 0.766. The number of carboxylic acid groups (broad SMARTS) is 1. The highest BCUT2D eigenvalue weighted by atomic mass is 16.5. The van der Waals surface area contributed by atoms with Gasteiger partial charge in [-0.15, -0.1) is 0 Å². The van der Waals surface area contributed by atoms with E-state index in [1.165, 1.54) is 7.11 Å². The molecule has 1 N–H and O–H groups in total. The summed E-state index contributed by atoms with van der Waals surface area (Å²) in [5.74, 6) is 0.306. The monoisotopic (exact) mass is 241 g/mol. The summed E-state index contributed by atoms with van der Waals surface area (Å²) in [5, 5.41) is 9.11. The van der Waals surface area contributed by atoms with Gasteiger partial charge in [-0.25, -0.2) is 4.79 Å². The predicted octanol–water partition coefficient (Wildman–Crippen LogP) is 1.86. The molecular formula is C12H19NO4. The molecule has 2 rings (SSSR count).